The number of hydrogen-bond acceptors (Lipinski definition) is 5. The summed E-state index contributed by atoms with van der Waals surface area (Å²) in [6.45, 7) is 8.61. The normalized spacial score (nSPS) is 14.9. The molecule has 1 heterocycles. The molecule has 0 unspecified atom stereocenters. The third-order valence-electron chi connectivity index (χ3n) is 8.83. The first-order valence-electron chi connectivity index (χ1n) is 16.8. The van der Waals surface area contributed by atoms with E-state index in [2.05, 4.69) is 52.4 Å². The molecule has 0 aromatic heterocycles. The number of anilines is 1. The van der Waals surface area contributed by atoms with Crippen LogP contribution in [0.3, 0.4) is 0 Å². The summed E-state index contributed by atoms with van der Waals surface area (Å²) in [5, 5.41) is 12.2. The van der Waals surface area contributed by atoms with E-state index in [0.717, 1.165) is 81.8 Å². The molecule has 0 radical (unpaired) electrons. The van der Waals surface area contributed by atoms with Gasteiger partial charge in [-0.2, -0.15) is 0 Å². The van der Waals surface area contributed by atoms with Crippen LogP contribution in [0, 0.1) is 0 Å². The number of carbonyl (C=O) groups excluding carboxylic acids is 1. The molecule has 238 valence electrons. The Morgan fingerprint density at radius 2 is 1.39 bits per heavy atom. The van der Waals surface area contributed by atoms with Crippen LogP contribution < -0.4 is 5.32 Å². The third kappa shape index (κ3) is 11.7. The van der Waals surface area contributed by atoms with Crippen molar-refractivity contribution in [2.75, 3.05) is 44.6 Å². The summed E-state index contributed by atoms with van der Waals surface area (Å²) in [6, 6.07) is 28.7. The standard InChI is InChI=1S/C38H53N3O3/c1-38(44-37(43)39-36-23-13-12-22-35(36)34-20-10-7-11-21-34)24-29-40(30-25-38)26-14-4-2-3-5-15-27-41(28-16-17-31-42)32-33-18-8-6-9-19-33/h6-13,18-23,42H,2-5,14-17,24-32H2,1H3,(H,39,43). The van der Waals surface area contributed by atoms with Gasteiger partial charge in [0.05, 0.1) is 5.69 Å². The van der Waals surface area contributed by atoms with E-state index < -0.39 is 5.60 Å². The fraction of sp³-hybridized carbons (Fsp3) is 0.500. The number of rotatable bonds is 18. The number of likely N-dealkylation sites (tertiary alicyclic amines) is 1. The zero-order chi connectivity index (χ0) is 30.9. The monoisotopic (exact) mass is 599 g/mol. The number of ether oxygens (including phenoxy) is 1. The number of benzene rings is 3. The van der Waals surface area contributed by atoms with Gasteiger partial charge >= 0.3 is 6.09 Å². The van der Waals surface area contributed by atoms with Gasteiger partial charge in [0.25, 0.3) is 0 Å². The number of carbonyl (C=O) groups is 1. The van der Waals surface area contributed by atoms with E-state index in [-0.39, 0.29) is 12.7 Å². The minimum Gasteiger partial charge on any atom is -0.443 e. The number of aliphatic hydroxyl groups is 1. The van der Waals surface area contributed by atoms with E-state index >= 15 is 0 Å². The molecule has 0 spiro atoms. The first kappa shape index (κ1) is 33.7. The van der Waals surface area contributed by atoms with Crippen molar-refractivity contribution in [1.82, 2.24) is 9.80 Å². The minimum absolute atomic E-state index is 0.284. The van der Waals surface area contributed by atoms with Gasteiger partial charge in [-0.25, -0.2) is 4.79 Å². The summed E-state index contributed by atoms with van der Waals surface area (Å²) in [5.41, 5.74) is 3.76. The lowest BCUT2D eigenvalue weighted by Crippen LogP contribution is -2.46. The van der Waals surface area contributed by atoms with Gasteiger partial charge in [0.15, 0.2) is 0 Å². The summed E-state index contributed by atoms with van der Waals surface area (Å²) >= 11 is 0. The van der Waals surface area contributed by atoms with Crippen LogP contribution in [-0.4, -0.2) is 65.9 Å². The molecule has 6 nitrogen and oxygen atoms in total. The molecule has 0 atom stereocenters. The summed E-state index contributed by atoms with van der Waals surface area (Å²) in [4.78, 5) is 18.0. The SMILES string of the molecule is CC1(OC(=O)Nc2ccccc2-c2ccccc2)CCN(CCCCCCCCN(CCCCO)Cc2ccccc2)CC1. The second kappa shape index (κ2) is 18.6. The number of piperidine rings is 1. The van der Waals surface area contributed by atoms with Crippen molar-refractivity contribution < 1.29 is 14.6 Å². The zero-order valence-corrected chi connectivity index (χ0v) is 26.8. The number of hydrogen-bond donors (Lipinski definition) is 2. The number of aliphatic hydroxyl groups excluding tert-OH is 1. The number of nitrogens with zero attached hydrogens (tertiary/aromatic N) is 2. The van der Waals surface area contributed by atoms with E-state index in [0.29, 0.717) is 0 Å². The lowest BCUT2D eigenvalue weighted by atomic mass is 9.93. The van der Waals surface area contributed by atoms with Crippen LogP contribution in [0.15, 0.2) is 84.9 Å². The first-order valence-corrected chi connectivity index (χ1v) is 16.8. The molecular weight excluding hydrogens is 546 g/mol. The molecule has 1 aliphatic rings. The van der Waals surface area contributed by atoms with Crippen LogP contribution in [0.25, 0.3) is 11.1 Å². The summed E-state index contributed by atoms with van der Waals surface area (Å²) in [5.74, 6) is 0. The van der Waals surface area contributed by atoms with Crippen molar-refractivity contribution in [2.45, 2.75) is 83.3 Å². The molecule has 6 heteroatoms. The van der Waals surface area contributed by atoms with Crippen molar-refractivity contribution >= 4 is 11.8 Å². The maximum atomic E-state index is 12.9. The van der Waals surface area contributed by atoms with Gasteiger partial charge < -0.3 is 14.7 Å². The lowest BCUT2D eigenvalue weighted by Gasteiger charge is -2.38. The Balaban J connectivity index is 1.07. The second-order valence-electron chi connectivity index (χ2n) is 12.5. The Bertz CT molecular complexity index is 1210. The molecule has 0 aliphatic carbocycles. The Labute approximate surface area is 265 Å². The molecule has 3 aromatic carbocycles. The average Bonchev–Trinajstić information content (AvgIpc) is 3.04. The smallest absolute Gasteiger partial charge is 0.412 e. The van der Waals surface area contributed by atoms with E-state index in [1.54, 1.807) is 0 Å². The number of para-hydroxylation sites is 1. The highest BCUT2D eigenvalue weighted by Gasteiger charge is 2.33. The van der Waals surface area contributed by atoms with Gasteiger partial charge in [0.1, 0.15) is 5.60 Å². The van der Waals surface area contributed by atoms with Gasteiger partial charge in [-0.05, 0) is 82.3 Å². The highest BCUT2D eigenvalue weighted by atomic mass is 16.6. The van der Waals surface area contributed by atoms with Crippen LogP contribution in [0.4, 0.5) is 10.5 Å². The van der Waals surface area contributed by atoms with Crippen molar-refractivity contribution in [3.8, 4) is 11.1 Å². The Kier molecular flexibility index (Phi) is 14.2. The van der Waals surface area contributed by atoms with E-state index in [9.17, 15) is 4.79 Å². The molecule has 1 aliphatic heterocycles. The maximum Gasteiger partial charge on any atom is 0.412 e. The third-order valence-corrected chi connectivity index (χ3v) is 8.83. The lowest BCUT2D eigenvalue weighted by molar-refractivity contribution is -0.0163. The van der Waals surface area contributed by atoms with Crippen molar-refractivity contribution in [3.05, 3.63) is 90.5 Å². The van der Waals surface area contributed by atoms with Gasteiger partial charge in [-0.3, -0.25) is 10.2 Å². The Morgan fingerprint density at radius 3 is 2.09 bits per heavy atom. The predicted octanol–water partition coefficient (Wildman–Crippen LogP) is 8.37. The van der Waals surface area contributed by atoms with Crippen molar-refractivity contribution in [3.63, 3.8) is 0 Å². The molecule has 0 bridgehead atoms. The number of nitrogens with one attached hydrogen (secondary N) is 1. The highest BCUT2D eigenvalue weighted by molar-refractivity contribution is 5.91. The average molecular weight is 600 g/mol. The summed E-state index contributed by atoms with van der Waals surface area (Å²) in [7, 11) is 0. The summed E-state index contributed by atoms with van der Waals surface area (Å²) in [6.07, 6.45) is 10.9. The van der Waals surface area contributed by atoms with Gasteiger partial charge in [-0.15, -0.1) is 0 Å². The molecule has 44 heavy (non-hydrogen) atoms. The van der Waals surface area contributed by atoms with Crippen molar-refractivity contribution in [2.24, 2.45) is 0 Å². The topological polar surface area (TPSA) is 65.0 Å². The quantitative estimate of drug-likeness (QED) is 0.144. The van der Waals surface area contributed by atoms with Gasteiger partial charge in [0, 0.05) is 31.8 Å². The number of amides is 1. The van der Waals surface area contributed by atoms with Crippen LogP contribution in [0.2, 0.25) is 0 Å². The second-order valence-corrected chi connectivity index (χ2v) is 12.5. The van der Waals surface area contributed by atoms with Gasteiger partial charge in [0.2, 0.25) is 0 Å². The summed E-state index contributed by atoms with van der Waals surface area (Å²) < 4.78 is 5.99. The molecule has 2 N–H and O–H groups in total. The fourth-order valence-electron chi connectivity index (χ4n) is 6.11. The minimum atomic E-state index is -0.436. The Hall–Kier alpha value is -3.19. The van der Waals surface area contributed by atoms with E-state index in [4.69, 9.17) is 9.84 Å². The number of unbranched alkanes of at least 4 members (excludes halogenated alkanes) is 6. The fourth-order valence-corrected chi connectivity index (χ4v) is 6.11. The highest BCUT2D eigenvalue weighted by Crippen LogP contribution is 2.30. The first-order chi connectivity index (χ1) is 21.5. The maximum absolute atomic E-state index is 12.9. The van der Waals surface area contributed by atoms with Gasteiger partial charge in [-0.1, -0.05) is 105 Å². The Morgan fingerprint density at radius 1 is 0.795 bits per heavy atom. The van der Waals surface area contributed by atoms with Crippen LogP contribution in [0.1, 0.15) is 76.7 Å². The zero-order valence-electron chi connectivity index (χ0n) is 26.8. The van der Waals surface area contributed by atoms with E-state index in [1.807, 2.05) is 54.6 Å². The van der Waals surface area contributed by atoms with Crippen LogP contribution in [-0.2, 0) is 11.3 Å². The molecule has 1 saturated heterocycles. The van der Waals surface area contributed by atoms with Crippen LogP contribution in [0.5, 0.6) is 0 Å². The molecule has 0 saturated carbocycles. The molecule has 4 rings (SSSR count). The predicted molar refractivity (Wildman–Crippen MR) is 182 cm³/mol. The van der Waals surface area contributed by atoms with E-state index in [1.165, 1.54) is 44.1 Å². The largest absolute Gasteiger partial charge is 0.443 e. The molecule has 3 aromatic rings. The molecular formula is C38H53N3O3. The van der Waals surface area contributed by atoms with Crippen LogP contribution >= 0.6 is 0 Å². The molecule has 1 amide bonds. The molecule has 1 fully saturated rings. The van der Waals surface area contributed by atoms with Crippen molar-refractivity contribution in [1.29, 1.82) is 0 Å².